The van der Waals surface area contributed by atoms with Crippen LogP contribution < -0.4 is 31.4 Å². The summed E-state index contributed by atoms with van der Waals surface area (Å²) in [5.41, 5.74) is 5.91. The second-order valence-electron chi connectivity index (χ2n) is 7.96. The third-order valence-corrected chi connectivity index (χ3v) is 5.43. The fourth-order valence-electron chi connectivity index (χ4n) is 3.62. The number of nitrogens with zero attached hydrogens (tertiary/aromatic N) is 3. The third kappa shape index (κ3) is 6.13. The average molecular weight is 492 g/mol. The van der Waals surface area contributed by atoms with Crippen LogP contribution in [0.3, 0.4) is 0 Å². The van der Waals surface area contributed by atoms with E-state index < -0.39 is 23.8 Å². The number of anilines is 2. The molecule has 10 nitrogen and oxygen atoms in total. The number of aromatic amines is 1. The molecule has 0 aliphatic rings. The van der Waals surface area contributed by atoms with E-state index in [-0.39, 0.29) is 23.8 Å². The molecule has 3 N–H and O–H groups in total. The minimum absolute atomic E-state index is 0.0357. The van der Waals surface area contributed by atoms with E-state index >= 15 is 0 Å². The molecule has 0 radical (unpaired) electrons. The molecule has 0 bridgehead atoms. The van der Waals surface area contributed by atoms with Crippen molar-refractivity contribution in [2.24, 2.45) is 0 Å². The molecule has 10 heteroatoms. The van der Waals surface area contributed by atoms with Crippen molar-refractivity contribution in [1.29, 1.82) is 5.26 Å². The maximum Gasteiger partial charge on any atom is 0.330 e. The van der Waals surface area contributed by atoms with Gasteiger partial charge in [-0.1, -0.05) is 43.7 Å². The number of benzene rings is 2. The fourth-order valence-corrected chi connectivity index (χ4v) is 3.62. The van der Waals surface area contributed by atoms with Crippen molar-refractivity contribution in [3.05, 3.63) is 80.5 Å². The Hall–Kier alpha value is -4.52. The summed E-state index contributed by atoms with van der Waals surface area (Å²) in [5.74, 6) is -0.0403. The number of hydrogen-bond acceptors (Lipinski definition) is 7. The Bertz CT molecular complexity index is 1360. The molecule has 1 heterocycles. The first-order chi connectivity index (χ1) is 17.4. The lowest BCUT2D eigenvalue weighted by Crippen LogP contribution is -2.42. The molecule has 188 valence electrons. The van der Waals surface area contributed by atoms with Crippen molar-refractivity contribution >= 4 is 17.4 Å². The van der Waals surface area contributed by atoms with E-state index in [0.717, 1.165) is 12.0 Å². The highest BCUT2D eigenvalue weighted by Crippen LogP contribution is 2.29. The first-order valence-electron chi connectivity index (χ1n) is 11.7. The number of unbranched alkanes of at least 4 members (excludes halogenated alkanes) is 1. The smallest absolute Gasteiger partial charge is 0.330 e. The Kier molecular flexibility index (Phi) is 8.89. The number of ether oxygens (including phenoxy) is 2. The zero-order chi connectivity index (χ0) is 26.1. The molecule has 1 amide bonds. The summed E-state index contributed by atoms with van der Waals surface area (Å²) < 4.78 is 12.5. The maximum absolute atomic E-state index is 13.4. The molecule has 0 spiro atoms. The fraction of sp³-hybridized carbons (Fsp3) is 0.308. The normalized spacial score (nSPS) is 10.5. The number of nitrogens with two attached hydrogens (primary N) is 1. The Morgan fingerprint density at radius 1 is 1.11 bits per heavy atom. The standard InChI is InChI=1S/C26H29N5O5/c1-3-5-13-30-24(28)23(25(33)29-26(30)34)31(16-18-9-7-6-8-10-18)22(32)17-36-20-12-11-19(15-27)14-21(20)35-4-2/h6-12,14H,3-5,13,16-17,28H2,1-2H3,(H,29,33,34). The molecule has 0 aliphatic heterocycles. The number of hydrogen-bond donors (Lipinski definition) is 2. The van der Waals surface area contributed by atoms with E-state index in [0.29, 0.717) is 30.9 Å². The number of H-pyrrole nitrogens is 1. The highest BCUT2D eigenvalue weighted by molar-refractivity contribution is 5.96. The molecule has 0 aliphatic carbocycles. The van der Waals surface area contributed by atoms with E-state index in [1.54, 1.807) is 19.1 Å². The quantitative estimate of drug-likeness (QED) is 0.420. The van der Waals surface area contributed by atoms with E-state index in [1.807, 2.05) is 43.3 Å². The number of amides is 1. The summed E-state index contributed by atoms with van der Waals surface area (Å²) in [6.45, 7) is 4.00. The van der Waals surface area contributed by atoms with Crippen LogP contribution in [0.1, 0.15) is 37.8 Å². The summed E-state index contributed by atoms with van der Waals surface area (Å²) in [5, 5.41) is 9.15. The number of carbonyl (C=O) groups excluding carboxylic acids is 1. The van der Waals surface area contributed by atoms with Crippen molar-refractivity contribution in [1.82, 2.24) is 9.55 Å². The highest BCUT2D eigenvalue weighted by Gasteiger charge is 2.25. The van der Waals surface area contributed by atoms with Gasteiger partial charge in [-0.3, -0.25) is 24.0 Å². The van der Waals surface area contributed by atoms with Crippen molar-refractivity contribution in [2.75, 3.05) is 23.8 Å². The van der Waals surface area contributed by atoms with Crippen LogP contribution in [0.15, 0.2) is 58.1 Å². The number of aromatic nitrogens is 2. The van der Waals surface area contributed by atoms with E-state index in [2.05, 4.69) is 4.98 Å². The van der Waals surface area contributed by atoms with Gasteiger partial charge in [-0.15, -0.1) is 0 Å². The van der Waals surface area contributed by atoms with Crippen molar-refractivity contribution in [3.8, 4) is 17.6 Å². The van der Waals surface area contributed by atoms with E-state index in [4.69, 9.17) is 20.5 Å². The van der Waals surface area contributed by atoms with Crippen LogP contribution in [0.4, 0.5) is 11.5 Å². The monoisotopic (exact) mass is 491 g/mol. The molecule has 3 aromatic rings. The van der Waals surface area contributed by atoms with Gasteiger partial charge in [0.2, 0.25) is 0 Å². The number of carbonyl (C=O) groups is 1. The number of nitriles is 1. The van der Waals surface area contributed by atoms with Crippen LogP contribution in [0.25, 0.3) is 0 Å². The lowest BCUT2D eigenvalue weighted by atomic mass is 10.2. The van der Waals surface area contributed by atoms with E-state index in [1.165, 1.54) is 15.5 Å². The third-order valence-electron chi connectivity index (χ3n) is 5.43. The zero-order valence-electron chi connectivity index (χ0n) is 20.3. The van der Waals surface area contributed by atoms with E-state index in [9.17, 15) is 14.4 Å². The maximum atomic E-state index is 13.4. The Morgan fingerprint density at radius 2 is 1.86 bits per heavy atom. The zero-order valence-corrected chi connectivity index (χ0v) is 20.3. The molecule has 2 aromatic carbocycles. The lowest BCUT2D eigenvalue weighted by molar-refractivity contribution is -0.120. The molecule has 1 aromatic heterocycles. The largest absolute Gasteiger partial charge is 0.490 e. The van der Waals surface area contributed by atoms with Crippen LogP contribution in [0.2, 0.25) is 0 Å². The average Bonchev–Trinajstić information content (AvgIpc) is 2.87. The Balaban J connectivity index is 1.98. The molecule has 0 atom stereocenters. The number of nitrogen functional groups attached to an aromatic ring is 1. The van der Waals surface area contributed by atoms with Crippen molar-refractivity contribution in [3.63, 3.8) is 0 Å². The van der Waals surface area contributed by atoms with Crippen molar-refractivity contribution < 1.29 is 14.3 Å². The first-order valence-corrected chi connectivity index (χ1v) is 11.7. The van der Waals surface area contributed by atoms with Crippen LogP contribution in [-0.4, -0.2) is 28.7 Å². The SMILES string of the molecule is CCCCn1c(N)c(N(Cc2ccccc2)C(=O)COc2ccc(C#N)cc2OCC)c(=O)[nH]c1=O. The molecule has 0 fully saturated rings. The van der Waals surface area contributed by atoms with Gasteiger partial charge in [-0.2, -0.15) is 5.26 Å². The molecule has 0 unspecified atom stereocenters. The van der Waals surface area contributed by atoms with Crippen molar-refractivity contribution in [2.45, 2.75) is 39.8 Å². The van der Waals surface area contributed by atoms with Gasteiger partial charge in [-0.25, -0.2) is 4.79 Å². The summed E-state index contributed by atoms with van der Waals surface area (Å²) in [6, 6.07) is 15.7. The van der Waals surface area contributed by atoms with Gasteiger partial charge in [0.25, 0.3) is 11.5 Å². The molecule has 36 heavy (non-hydrogen) atoms. The molecular weight excluding hydrogens is 462 g/mol. The van der Waals surface area contributed by atoms with Gasteiger partial charge < -0.3 is 15.2 Å². The molecular formula is C26H29N5O5. The van der Waals surface area contributed by atoms with Crippen LogP contribution in [0.5, 0.6) is 11.5 Å². The predicted molar refractivity (Wildman–Crippen MR) is 136 cm³/mol. The van der Waals surface area contributed by atoms with Gasteiger partial charge in [0, 0.05) is 12.6 Å². The highest BCUT2D eigenvalue weighted by atomic mass is 16.5. The molecule has 3 rings (SSSR count). The second kappa shape index (κ2) is 12.3. The van der Waals surface area contributed by atoms with Crippen LogP contribution in [-0.2, 0) is 17.9 Å². The van der Waals surface area contributed by atoms with Crippen LogP contribution >= 0.6 is 0 Å². The lowest BCUT2D eigenvalue weighted by Gasteiger charge is -2.25. The molecule has 0 saturated heterocycles. The summed E-state index contributed by atoms with van der Waals surface area (Å²) in [6.07, 6.45) is 1.48. The predicted octanol–water partition coefficient (Wildman–Crippen LogP) is 2.80. The topological polar surface area (TPSA) is 143 Å². The first kappa shape index (κ1) is 26.1. The van der Waals surface area contributed by atoms with Gasteiger partial charge >= 0.3 is 5.69 Å². The van der Waals surface area contributed by atoms with Gasteiger partial charge in [-0.05, 0) is 31.0 Å². The Labute approximate surface area is 208 Å². The summed E-state index contributed by atoms with van der Waals surface area (Å²) >= 11 is 0. The Morgan fingerprint density at radius 3 is 2.53 bits per heavy atom. The second-order valence-corrected chi connectivity index (χ2v) is 7.96. The molecule has 0 saturated carbocycles. The van der Waals surface area contributed by atoms with Gasteiger partial charge in [0.05, 0.1) is 24.8 Å². The number of rotatable bonds is 11. The van der Waals surface area contributed by atoms with Crippen LogP contribution in [0, 0.1) is 11.3 Å². The number of nitrogens with one attached hydrogen (secondary N) is 1. The van der Waals surface area contributed by atoms with Gasteiger partial charge in [0.1, 0.15) is 5.82 Å². The summed E-state index contributed by atoms with van der Waals surface area (Å²) in [4.78, 5) is 42.2. The minimum atomic E-state index is -0.761. The van der Waals surface area contributed by atoms with Gasteiger partial charge in [0.15, 0.2) is 23.8 Å². The minimum Gasteiger partial charge on any atom is -0.490 e. The summed E-state index contributed by atoms with van der Waals surface area (Å²) in [7, 11) is 0.